The fourth-order valence-corrected chi connectivity index (χ4v) is 3.67. The molecule has 1 aromatic heterocycles. The number of ketones is 1. The zero-order chi connectivity index (χ0) is 20.2. The molecular weight excluding hydrogens is 364 g/mol. The van der Waals surface area contributed by atoms with Gasteiger partial charge in [0.05, 0.1) is 5.69 Å². The predicted molar refractivity (Wildman–Crippen MR) is 111 cm³/mol. The third kappa shape index (κ3) is 4.27. The summed E-state index contributed by atoms with van der Waals surface area (Å²) in [5.74, 6) is 0.425. The van der Waals surface area contributed by atoms with Gasteiger partial charge in [0.15, 0.2) is 5.78 Å². The van der Waals surface area contributed by atoms with Crippen LogP contribution in [0.15, 0.2) is 60.7 Å². The van der Waals surface area contributed by atoms with E-state index in [1.807, 2.05) is 36.4 Å². The molecule has 0 spiro atoms. The fraction of sp³-hybridized carbons (Fsp3) is 0.261. The fourth-order valence-electron chi connectivity index (χ4n) is 3.67. The average molecular weight is 388 g/mol. The summed E-state index contributed by atoms with van der Waals surface area (Å²) < 4.78 is 0. The maximum atomic E-state index is 12.4. The Labute approximate surface area is 169 Å². The lowest BCUT2D eigenvalue weighted by Crippen LogP contribution is -2.22. The van der Waals surface area contributed by atoms with Crippen LogP contribution in [0.4, 0.5) is 5.82 Å². The minimum absolute atomic E-state index is 0.0292. The summed E-state index contributed by atoms with van der Waals surface area (Å²) in [6.07, 6.45) is 0.328. The Morgan fingerprint density at radius 2 is 1.72 bits per heavy atom. The molecule has 1 aliphatic rings. The minimum atomic E-state index is -0.185. The van der Waals surface area contributed by atoms with Crippen molar-refractivity contribution in [3.63, 3.8) is 0 Å². The summed E-state index contributed by atoms with van der Waals surface area (Å²) in [4.78, 5) is 26.9. The largest absolute Gasteiger partial charge is 0.311 e. The molecule has 4 rings (SSSR count). The van der Waals surface area contributed by atoms with Crippen LogP contribution >= 0.6 is 0 Å². The minimum Gasteiger partial charge on any atom is -0.311 e. The van der Waals surface area contributed by atoms with Crippen molar-refractivity contribution in [3.05, 3.63) is 83.0 Å². The van der Waals surface area contributed by atoms with E-state index in [0.717, 1.165) is 24.3 Å². The summed E-state index contributed by atoms with van der Waals surface area (Å²) in [5.41, 5.74) is 3.87. The van der Waals surface area contributed by atoms with Crippen LogP contribution in [-0.2, 0) is 17.9 Å². The number of aromatic amines is 1. The number of carbonyl (C=O) groups excluding carboxylic acids is 2. The van der Waals surface area contributed by atoms with E-state index in [2.05, 4.69) is 39.5 Å². The second kappa shape index (κ2) is 8.41. The number of aromatic nitrogens is 2. The van der Waals surface area contributed by atoms with E-state index in [0.29, 0.717) is 11.4 Å². The number of amides is 1. The van der Waals surface area contributed by atoms with Crippen LogP contribution in [0.1, 0.15) is 53.0 Å². The van der Waals surface area contributed by atoms with E-state index in [1.165, 1.54) is 5.56 Å². The quantitative estimate of drug-likeness (QED) is 0.598. The lowest BCUT2D eigenvalue weighted by Gasteiger charge is -2.24. The van der Waals surface area contributed by atoms with Gasteiger partial charge in [-0.1, -0.05) is 60.7 Å². The third-order valence-electron chi connectivity index (χ3n) is 5.44. The molecular formula is C23H24N4O2. The van der Waals surface area contributed by atoms with Gasteiger partial charge < -0.3 is 5.32 Å². The van der Waals surface area contributed by atoms with Crippen molar-refractivity contribution in [1.29, 1.82) is 0 Å². The summed E-state index contributed by atoms with van der Waals surface area (Å²) >= 11 is 0. The molecule has 6 nitrogen and oxygen atoms in total. The normalized spacial score (nSPS) is 14.4. The molecule has 0 saturated carbocycles. The lowest BCUT2D eigenvalue weighted by molar-refractivity contribution is -0.116. The van der Waals surface area contributed by atoms with Gasteiger partial charge in [-0.15, -0.1) is 0 Å². The molecule has 0 bridgehead atoms. The number of carbonyl (C=O) groups is 2. The topological polar surface area (TPSA) is 78.1 Å². The first-order valence-corrected chi connectivity index (χ1v) is 9.85. The number of Topliss-reactive ketones (excluding diaryl/α,β-unsaturated/α-hetero) is 1. The Balaban J connectivity index is 1.34. The van der Waals surface area contributed by atoms with Crippen LogP contribution in [0, 0.1) is 0 Å². The Morgan fingerprint density at radius 3 is 2.45 bits per heavy atom. The number of benzene rings is 2. The van der Waals surface area contributed by atoms with Gasteiger partial charge in [-0.25, -0.2) is 0 Å². The summed E-state index contributed by atoms with van der Waals surface area (Å²) in [5, 5.41) is 10.2. The number of fused-ring (bicyclic) bond motifs is 1. The molecule has 2 heterocycles. The monoisotopic (exact) mass is 388 g/mol. The highest BCUT2D eigenvalue weighted by Crippen LogP contribution is 2.33. The van der Waals surface area contributed by atoms with Gasteiger partial charge in [0.25, 0.3) is 0 Å². The Hall–Kier alpha value is -3.25. The molecule has 1 unspecified atom stereocenters. The standard InChI is InChI=1S/C23H24N4O2/c1-16(17-8-4-2-5-9-17)27-14-19-20(15-27)25-26-23(19)24-22(29)13-12-21(28)18-10-6-3-7-11-18/h2-11,16H,12-15H2,1H3,(H2,24,25,26,29). The highest BCUT2D eigenvalue weighted by Gasteiger charge is 2.29. The van der Waals surface area contributed by atoms with E-state index in [1.54, 1.807) is 12.1 Å². The maximum absolute atomic E-state index is 12.4. The molecule has 29 heavy (non-hydrogen) atoms. The Morgan fingerprint density at radius 1 is 1.03 bits per heavy atom. The second-order valence-corrected chi connectivity index (χ2v) is 7.35. The van der Waals surface area contributed by atoms with Gasteiger partial charge in [0.1, 0.15) is 5.82 Å². The molecule has 0 fully saturated rings. The van der Waals surface area contributed by atoms with Crippen molar-refractivity contribution in [2.75, 3.05) is 5.32 Å². The summed E-state index contributed by atoms with van der Waals surface area (Å²) in [6, 6.07) is 19.7. The SMILES string of the molecule is CC(c1ccccc1)N1Cc2n[nH]c(NC(=O)CCC(=O)c3ccccc3)c2C1. The van der Waals surface area contributed by atoms with Crippen LogP contribution in [0.5, 0.6) is 0 Å². The molecule has 3 aromatic rings. The van der Waals surface area contributed by atoms with Gasteiger partial charge in [-0.2, -0.15) is 5.10 Å². The van der Waals surface area contributed by atoms with Crippen LogP contribution in [-0.4, -0.2) is 26.8 Å². The van der Waals surface area contributed by atoms with Crippen LogP contribution in [0.3, 0.4) is 0 Å². The summed E-state index contributed by atoms with van der Waals surface area (Å²) in [7, 11) is 0. The number of hydrogen-bond acceptors (Lipinski definition) is 4. The van der Waals surface area contributed by atoms with Crippen LogP contribution in [0.25, 0.3) is 0 Å². The van der Waals surface area contributed by atoms with E-state index in [4.69, 9.17) is 0 Å². The van der Waals surface area contributed by atoms with Crippen molar-refractivity contribution >= 4 is 17.5 Å². The lowest BCUT2D eigenvalue weighted by atomic mass is 10.1. The van der Waals surface area contributed by atoms with E-state index in [9.17, 15) is 9.59 Å². The van der Waals surface area contributed by atoms with Crippen molar-refractivity contribution in [3.8, 4) is 0 Å². The molecule has 148 valence electrons. The van der Waals surface area contributed by atoms with E-state index < -0.39 is 0 Å². The first-order valence-electron chi connectivity index (χ1n) is 9.85. The van der Waals surface area contributed by atoms with Crippen LogP contribution in [0.2, 0.25) is 0 Å². The van der Waals surface area contributed by atoms with E-state index in [-0.39, 0.29) is 30.6 Å². The Bertz CT molecular complexity index is 998. The number of anilines is 1. The number of hydrogen-bond donors (Lipinski definition) is 2. The molecule has 0 aliphatic carbocycles. The first kappa shape index (κ1) is 19.1. The third-order valence-corrected chi connectivity index (χ3v) is 5.44. The molecule has 0 saturated heterocycles. The number of rotatable bonds is 7. The average Bonchev–Trinajstić information content (AvgIpc) is 3.35. The van der Waals surface area contributed by atoms with Gasteiger partial charge in [0.2, 0.25) is 5.91 Å². The van der Waals surface area contributed by atoms with E-state index >= 15 is 0 Å². The molecule has 2 N–H and O–H groups in total. The van der Waals surface area contributed by atoms with Gasteiger partial charge in [-0.05, 0) is 12.5 Å². The molecule has 2 aromatic carbocycles. The predicted octanol–water partition coefficient (Wildman–Crippen LogP) is 4.09. The van der Waals surface area contributed by atoms with Gasteiger partial charge in [0, 0.05) is 43.1 Å². The number of nitrogens with zero attached hydrogens (tertiary/aromatic N) is 2. The van der Waals surface area contributed by atoms with Gasteiger partial charge >= 0.3 is 0 Å². The molecule has 6 heteroatoms. The molecule has 1 atom stereocenters. The highest BCUT2D eigenvalue weighted by molar-refractivity contribution is 5.99. The summed E-state index contributed by atoms with van der Waals surface area (Å²) in [6.45, 7) is 3.64. The van der Waals surface area contributed by atoms with Crippen molar-refractivity contribution < 1.29 is 9.59 Å². The zero-order valence-corrected chi connectivity index (χ0v) is 16.4. The first-order chi connectivity index (χ1) is 14.1. The van der Waals surface area contributed by atoms with Crippen LogP contribution < -0.4 is 5.32 Å². The molecule has 0 radical (unpaired) electrons. The Kier molecular flexibility index (Phi) is 5.53. The molecule has 1 aliphatic heterocycles. The maximum Gasteiger partial charge on any atom is 0.225 e. The molecule has 1 amide bonds. The highest BCUT2D eigenvalue weighted by atomic mass is 16.2. The number of nitrogens with one attached hydrogen (secondary N) is 2. The number of H-pyrrole nitrogens is 1. The second-order valence-electron chi connectivity index (χ2n) is 7.35. The smallest absolute Gasteiger partial charge is 0.225 e. The zero-order valence-electron chi connectivity index (χ0n) is 16.4. The van der Waals surface area contributed by atoms with Crippen molar-refractivity contribution in [2.24, 2.45) is 0 Å². The van der Waals surface area contributed by atoms with Gasteiger partial charge in [-0.3, -0.25) is 19.6 Å². The van der Waals surface area contributed by atoms with Crippen molar-refractivity contribution in [1.82, 2.24) is 15.1 Å². The van der Waals surface area contributed by atoms with Crippen molar-refractivity contribution in [2.45, 2.75) is 38.9 Å².